The lowest BCUT2D eigenvalue weighted by Crippen LogP contribution is -2.37. The molecule has 7 heteroatoms. The van der Waals surface area contributed by atoms with Crippen LogP contribution < -0.4 is 9.62 Å². The molecular formula is C17H19BrN2O3S. The Morgan fingerprint density at radius 2 is 1.67 bits per heavy atom. The maximum Gasteiger partial charge on any atom is 0.245 e. The zero-order valence-corrected chi connectivity index (χ0v) is 16.1. The number of aryl methyl sites for hydroxylation is 2. The van der Waals surface area contributed by atoms with E-state index in [1.165, 1.54) is 0 Å². The fourth-order valence-corrected chi connectivity index (χ4v) is 3.84. The molecule has 0 atom stereocenters. The minimum Gasteiger partial charge on any atom is -0.324 e. The van der Waals surface area contributed by atoms with Gasteiger partial charge in [0.15, 0.2) is 0 Å². The SMILES string of the molecule is Cc1cccc(C)c1NC(=O)CN(c1ccccc1Br)S(C)(=O)=O. The van der Waals surface area contributed by atoms with Crippen molar-refractivity contribution in [3.8, 4) is 0 Å². The Kier molecular flexibility index (Phi) is 5.66. The van der Waals surface area contributed by atoms with Gasteiger partial charge in [-0.3, -0.25) is 9.10 Å². The van der Waals surface area contributed by atoms with E-state index in [4.69, 9.17) is 0 Å². The van der Waals surface area contributed by atoms with E-state index in [2.05, 4.69) is 21.2 Å². The molecule has 0 aliphatic carbocycles. The Morgan fingerprint density at radius 1 is 1.08 bits per heavy atom. The topological polar surface area (TPSA) is 66.5 Å². The van der Waals surface area contributed by atoms with Crippen LogP contribution in [0.1, 0.15) is 11.1 Å². The van der Waals surface area contributed by atoms with Crippen molar-refractivity contribution in [2.75, 3.05) is 22.4 Å². The molecule has 0 heterocycles. The first-order valence-electron chi connectivity index (χ1n) is 7.28. The van der Waals surface area contributed by atoms with E-state index in [-0.39, 0.29) is 6.54 Å². The van der Waals surface area contributed by atoms with Crippen molar-refractivity contribution in [2.24, 2.45) is 0 Å². The normalized spacial score (nSPS) is 11.2. The minimum atomic E-state index is -3.61. The lowest BCUT2D eigenvalue weighted by molar-refractivity contribution is -0.114. The van der Waals surface area contributed by atoms with Gasteiger partial charge in [-0.2, -0.15) is 0 Å². The highest BCUT2D eigenvalue weighted by Crippen LogP contribution is 2.27. The molecule has 0 unspecified atom stereocenters. The number of para-hydroxylation sites is 2. The van der Waals surface area contributed by atoms with Gasteiger partial charge in [0.25, 0.3) is 0 Å². The number of nitrogens with zero attached hydrogens (tertiary/aromatic N) is 1. The standard InChI is InChI=1S/C17H19BrN2O3S/c1-12-7-6-8-13(2)17(12)19-16(21)11-20(24(3,22)23)15-10-5-4-9-14(15)18/h4-10H,11H2,1-3H3,(H,19,21). The fourth-order valence-electron chi connectivity index (χ4n) is 2.36. The van der Waals surface area contributed by atoms with Crippen LogP contribution in [0.3, 0.4) is 0 Å². The highest BCUT2D eigenvalue weighted by Gasteiger charge is 2.23. The average molecular weight is 411 g/mol. The molecule has 24 heavy (non-hydrogen) atoms. The van der Waals surface area contributed by atoms with Crippen molar-refractivity contribution in [3.05, 3.63) is 58.1 Å². The summed E-state index contributed by atoms with van der Waals surface area (Å²) >= 11 is 3.33. The second-order valence-corrected chi connectivity index (χ2v) is 8.30. The van der Waals surface area contributed by atoms with E-state index in [1.807, 2.05) is 32.0 Å². The van der Waals surface area contributed by atoms with Crippen LogP contribution in [0, 0.1) is 13.8 Å². The number of anilines is 2. The lowest BCUT2D eigenvalue weighted by Gasteiger charge is -2.23. The number of rotatable bonds is 5. The van der Waals surface area contributed by atoms with Crippen LogP contribution in [0.15, 0.2) is 46.9 Å². The number of amides is 1. The van der Waals surface area contributed by atoms with Gasteiger partial charge in [-0.1, -0.05) is 30.3 Å². The molecule has 1 N–H and O–H groups in total. The van der Waals surface area contributed by atoms with Crippen LogP contribution in [-0.2, 0) is 14.8 Å². The summed E-state index contributed by atoms with van der Waals surface area (Å²) in [6.07, 6.45) is 1.08. The van der Waals surface area contributed by atoms with Crippen LogP contribution >= 0.6 is 15.9 Å². The zero-order valence-electron chi connectivity index (χ0n) is 13.7. The number of hydrogen-bond acceptors (Lipinski definition) is 3. The molecule has 0 saturated heterocycles. The first-order valence-corrected chi connectivity index (χ1v) is 9.92. The zero-order chi connectivity index (χ0) is 17.9. The molecule has 0 fully saturated rings. The van der Waals surface area contributed by atoms with Crippen LogP contribution in [-0.4, -0.2) is 27.1 Å². The molecule has 0 saturated carbocycles. The number of nitrogens with one attached hydrogen (secondary N) is 1. The lowest BCUT2D eigenvalue weighted by atomic mass is 10.1. The summed E-state index contributed by atoms with van der Waals surface area (Å²) in [7, 11) is -3.61. The molecule has 0 aliphatic heterocycles. The number of sulfonamides is 1. The molecule has 0 spiro atoms. The van der Waals surface area contributed by atoms with E-state index in [0.29, 0.717) is 15.8 Å². The van der Waals surface area contributed by atoms with E-state index in [1.54, 1.807) is 24.3 Å². The smallest absolute Gasteiger partial charge is 0.245 e. The highest BCUT2D eigenvalue weighted by atomic mass is 79.9. The van der Waals surface area contributed by atoms with Crippen molar-refractivity contribution in [1.82, 2.24) is 0 Å². The molecule has 1 amide bonds. The summed E-state index contributed by atoms with van der Waals surface area (Å²) in [6.45, 7) is 3.49. The summed E-state index contributed by atoms with van der Waals surface area (Å²) in [4.78, 5) is 12.4. The summed E-state index contributed by atoms with van der Waals surface area (Å²) in [5.41, 5.74) is 2.99. The van der Waals surface area contributed by atoms with Gasteiger partial charge in [0.05, 0.1) is 11.9 Å². The third-order valence-corrected chi connectivity index (χ3v) is 5.35. The average Bonchev–Trinajstić information content (AvgIpc) is 2.48. The summed E-state index contributed by atoms with van der Waals surface area (Å²) < 4.78 is 26.0. The third-order valence-electron chi connectivity index (χ3n) is 3.55. The van der Waals surface area contributed by atoms with Crippen molar-refractivity contribution in [3.63, 3.8) is 0 Å². The number of benzene rings is 2. The van der Waals surface area contributed by atoms with Gasteiger partial charge in [0.2, 0.25) is 15.9 Å². The van der Waals surface area contributed by atoms with Crippen LogP contribution in [0.25, 0.3) is 0 Å². The number of carbonyl (C=O) groups is 1. The monoisotopic (exact) mass is 410 g/mol. The van der Waals surface area contributed by atoms with Crippen molar-refractivity contribution in [1.29, 1.82) is 0 Å². The van der Waals surface area contributed by atoms with Gasteiger partial charge < -0.3 is 5.32 Å². The van der Waals surface area contributed by atoms with Crippen molar-refractivity contribution in [2.45, 2.75) is 13.8 Å². The summed E-state index contributed by atoms with van der Waals surface area (Å²) in [5.74, 6) is -0.395. The van der Waals surface area contributed by atoms with Gasteiger partial charge >= 0.3 is 0 Å². The molecule has 0 aromatic heterocycles. The van der Waals surface area contributed by atoms with Gasteiger partial charge in [-0.05, 0) is 53.0 Å². The fraction of sp³-hybridized carbons (Fsp3) is 0.235. The Hall–Kier alpha value is -1.86. The summed E-state index contributed by atoms with van der Waals surface area (Å²) in [5, 5.41) is 2.81. The first-order chi connectivity index (χ1) is 11.2. The van der Waals surface area contributed by atoms with E-state index < -0.39 is 15.9 Å². The van der Waals surface area contributed by atoms with Crippen molar-refractivity contribution >= 4 is 43.2 Å². The van der Waals surface area contributed by atoms with Crippen LogP contribution in [0.4, 0.5) is 11.4 Å². The second kappa shape index (κ2) is 7.36. The van der Waals surface area contributed by atoms with Gasteiger partial charge in [-0.25, -0.2) is 8.42 Å². The quantitative estimate of drug-likeness (QED) is 0.820. The van der Waals surface area contributed by atoms with E-state index in [0.717, 1.165) is 21.7 Å². The molecule has 0 aliphatic rings. The van der Waals surface area contributed by atoms with Crippen molar-refractivity contribution < 1.29 is 13.2 Å². The highest BCUT2D eigenvalue weighted by molar-refractivity contribution is 9.10. The number of hydrogen-bond donors (Lipinski definition) is 1. The molecule has 128 valence electrons. The maximum atomic E-state index is 12.4. The Morgan fingerprint density at radius 3 is 2.21 bits per heavy atom. The molecule has 0 radical (unpaired) electrons. The van der Waals surface area contributed by atoms with E-state index in [9.17, 15) is 13.2 Å². The molecule has 2 aromatic rings. The van der Waals surface area contributed by atoms with Gasteiger partial charge in [0.1, 0.15) is 6.54 Å². The minimum absolute atomic E-state index is 0.296. The van der Waals surface area contributed by atoms with Crippen LogP contribution in [0.2, 0.25) is 0 Å². The second-order valence-electron chi connectivity index (χ2n) is 5.54. The molecule has 2 rings (SSSR count). The van der Waals surface area contributed by atoms with E-state index >= 15 is 0 Å². The predicted octanol–water partition coefficient (Wildman–Crippen LogP) is 3.47. The third kappa shape index (κ3) is 4.36. The largest absolute Gasteiger partial charge is 0.324 e. The Labute approximate surface area is 150 Å². The Bertz CT molecular complexity index is 846. The number of halogens is 1. The molecule has 0 bridgehead atoms. The predicted molar refractivity (Wildman–Crippen MR) is 101 cm³/mol. The first kappa shape index (κ1) is 18.5. The Balaban J connectivity index is 2.28. The molecule has 2 aromatic carbocycles. The van der Waals surface area contributed by atoms with Crippen LogP contribution in [0.5, 0.6) is 0 Å². The molecule has 5 nitrogen and oxygen atoms in total. The van der Waals surface area contributed by atoms with Gasteiger partial charge in [-0.15, -0.1) is 0 Å². The maximum absolute atomic E-state index is 12.4. The van der Waals surface area contributed by atoms with Gasteiger partial charge in [0, 0.05) is 10.2 Å². The molecular weight excluding hydrogens is 392 g/mol. The summed E-state index contributed by atoms with van der Waals surface area (Å²) in [6, 6.07) is 12.6. The number of carbonyl (C=O) groups excluding carboxylic acids is 1.